The molecule has 0 saturated carbocycles. The molecule has 0 bridgehead atoms. The summed E-state index contributed by atoms with van der Waals surface area (Å²) < 4.78 is 0. The van der Waals surface area contributed by atoms with Gasteiger partial charge in [0, 0.05) is 35.9 Å². The lowest BCUT2D eigenvalue weighted by atomic mass is 9.91. The highest BCUT2D eigenvalue weighted by Gasteiger charge is 2.28. The fourth-order valence-electron chi connectivity index (χ4n) is 4.32. The van der Waals surface area contributed by atoms with Crippen molar-refractivity contribution >= 4 is 16.6 Å². The summed E-state index contributed by atoms with van der Waals surface area (Å²) in [5.74, 6) is 0. The van der Waals surface area contributed by atoms with E-state index >= 15 is 0 Å². The van der Waals surface area contributed by atoms with Gasteiger partial charge in [-0.1, -0.05) is 30.3 Å². The molecule has 0 radical (unpaired) electrons. The summed E-state index contributed by atoms with van der Waals surface area (Å²) in [7, 11) is 0. The van der Waals surface area contributed by atoms with Gasteiger partial charge in [0.15, 0.2) is 0 Å². The van der Waals surface area contributed by atoms with Crippen LogP contribution in [0.5, 0.6) is 0 Å². The van der Waals surface area contributed by atoms with Gasteiger partial charge in [-0.3, -0.25) is 10.1 Å². The van der Waals surface area contributed by atoms with Crippen LogP contribution in [0.1, 0.15) is 49.0 Å². The number of rotatable bonds is 6. The van der Waals surface area contributed by atoms with Crippen LogP contribution in [0.25, 0.3) is 10.9 Å². The molecule has 5 nitrogen and oxygen atoms in total. The minimum atomic E-state index is -0.309. The average molecular weight is 364 g/mol. The molecule has 4 rings (SSSR count). The Morgan fingerprint density at radius 1 is 1.26 bits per heavy atom. The highest BCUT2D eigenvalue weighted by Crippen LogP contribution is 2.34. The van der Waals surface area contributed by atoms with Gasteiger partial charge in [0.05, 0.1) is 16.7 Å². The van der Waals surface area contributed by atoms with Gasteiger partial charge in [0.25, 0.3) is 5.69 Å². The molecule has 2 aromatic carbocycles. The van der Waals surface area contributed by atoms with E-state index in [1.54, 1.807) is 12.1 Å². The molecule has 0 unspecified atom stereocenters. The Morgan fingerprint density at radius 2 is 2.07 bits per heavy atom. The maximum atomic E-state index is 11.1. The number of quaternary nitrogens is 1. The van der Waals surface area contributed by atoms with Crippen molar-refractivity contribution in [3.05, 3.63) is 75.5 Å². The summed E-state index contributed by atoms with van der Waals surface area (Å²) >= 11 is 0. The van der Waals surface area contributed by atoms with Gasteiger partial charge in [-0.25, -0.2) is 0 Å². The van der Waals surface area contributed by atoms with Gasteiger partial charge >= 0.3 is 0 Å². The van der Waals surface area contributed by atoms with Gasteiger partial charge in [-0.2, -0.15) is 0 Å². The summed E-state index contributed by atoms with van der Waals surface area (Å²) in [6.07, 6.45) is 5.52. The van der Waals surface area contributed by atoms with Crippen molar-refractivity contribution in [3.63, 3.8) is 0 Å². The van der Waals surface area contributed by atoms with E-state index in [1.165, 1.54) is 16.8 Å². The minimum Gasteiger partial charge on any atom is -0.353 e. The molecule has 2 atom stereocenters. The number of aryl methyl sites for hydroxylation is 2. The van der Waals surface area contributed by atoms with Gasteiger partial charge in [0.1, 0.15) is 6.04 Å². The van der Waals surface area contributed by atoms with Crippen LogP contribution in [-0.2, 0) is 12.8 Å². The number of H-pyrrole nitrogens is 1. The molecule has 0 saturated heterocycles. The van der Waals surface area contributed by atoms with Crippen molar-refractivity contribution in [1.29, 1.82) is 0 Å². The number of non-ortho nitro benzene ring substituents is 1. The second-order valence-corrected chi connectivity index (χ2v) is 7.70. The number of nitrogens with zero attached hydrogens (tertiary/aromatic N) is 1. The van der Waals surface area contributed by atoms with Crippen LogP contribution >= 0.6 is 0 Å². The lowest BCUT2D eigenvalue weighted by molar-refractivity contribution is -0.727. The minimum absolute atomic E-state index is 0.173. The van der Waals surface area contributed by atoms with Crippen LogP contribution in [0, 0.1) is 10.1 Å². The zero-order valence-electron chi connectivity index (χ0n) is 15.7. The molecule has 0 amide bonds. The molecular formula is C22H26N3O2+. The van der Waals surface area contributed by atoms with E-state index in [2.05, 4.69) is 47.6 Å². The van der Waals surface area contributed by atoms with E-state index < -0.39 is 0 Å². The number of nitro groups is 1. The molecule has 0 aliphatic heterocycles. The van der Waals surface area contributed by atoms with Crippen molar-refractivity contribution in [2.75, 3.05) is 0 Å². The standard InChI is InChI=1S/C22H25N3O2/c1-15(10-11-16-6-3-2-4-7-16)23-21-9-5-8-18-19-14-17(25(26)27)12-13-20(19)24-22(18)21/h2-4,6-7,12-15,21,23-24H,5,8-11H2,1H3/p+1/t15-,21+/m0/s1. The Hall–Kier alpha value is -2.66. The number of nitro benzene ring substituents is 1. The van der Waals surface area contributed by atoms with Crippen LogP contribution in [-0.4, -0.2) is 15.9 Å². The Labute approximate surface area is 158 Å². The number of nitrogens with two attached hydrogens (primary N) is 1. The zero-order chi connectivity index (χ0) is 18.8. The fraction of sp³-hybridized carbons (Fsp3) is 0.364. The predicted molar refractivity (Wildman–Crippen MR) is 107 cm³/mol. The first-order valence-electron chi connectivity index (χ1n) is 9.79. The van der Waals surface area contributed by atoms with Gasteiger partial charge in [-0.05, 0) is 43.4 Å². The van der Waals surface area contributed by atoms with Crippen molar-refractivity contribution in [2.24, 2.45) is 0 Å². The van der Waals surface area contributed by atoms with Crippen LogP contribution in [0.4, 0.5) is 5.69 Å². The van der Waals surface area contributed by atoms with Gasteiger partial charge in [-0.15, -0.1) is 0 Å². The molecule has 1 aliphatic rings. The maximum absolute atomic E-state index is 11.1. The highest BCUT2D eigenvalue weighted by atomic mass is 16.6. The van der Waals surface area contributed by atoms with E-state index in [-0.39, 0.29) is 10.6 Å². The zero-order valence-corrected chi connectivity index (χ0v) is 15.7. The largest absolute Gasteiger partial charge is 0.353 e. The van der Waals surface area contributed by atoms with Crippen molar-refractivity contribution in [3.8, 4) is 0 Å². The summed E-state index contributed by atoms with van der Waals surface area (Å²) in [6, 6.07) is 16.7. The lowest BCUT2D eigenvalue weighted by Crippen LogP contribution is -2.90. The van der Waals surface area contributed by atoms with E-state index in [9.17, 15) is 10.1 Å². The Morgan fingerprint density at radius 3 is 2.85 bits per heavy atom. The SMILES string of the molecule is C[C@@H](CCc1ccccc1)[NH2+][C@@H]1CCCc2c1[nH]c1ccc([N+](=O)[O-])cc21. The average Bonchev–Trinajstić information content (AvgIpc) is 3.06. The Balaban J connectivity index is 1.51. The first kappa shape index (κ1) is 17.7. The molecule has 1 aromatic heterocycles. The molecule has 1 aliphatic carbocycles. The summed E-state index contributed by atoms with van der Waals surface area (Å²) in [6.45, 7) is 2.30. The molecular weight excluding hydrogens is 338 g/mol. The smallest absolute Gasteiger partial charge is 0.270 e. The maximum Gasteiger partial charge on any atom is 0.270 e. The third kappa shape index (κ3) is 3.74. The molecule has 0 fully saturated rings. The third-order valence-electron chi connectivity index (χ3n) is 5.74. The number of aromatic amines is 1. The molecule has 0 spiro atoms. The van der Waals surface area contributed by atoms with E-state index in [1.807, 2.05) is 6.07 Å². The second kappa shape index (κ2) is 7.53. The summed E-state index contributed by atoms with van der Waals surface area (Å²) in [4.78, 5) is 14.4. The van der Waals surface area contributed by atoms with Crippen LogP contribution in [0.3, 0.4) is 0 Å². The van der Waals surface area contributed by atoms with Crippen LogP contribution in [0.2, 0.25) is 0 Å². The molecule has 27 heavy (non-hydrogen) atoms. The number of aromatic nitrogens is 1. The van der Waals surface area contributed by atoms with Crippen molar-refractivity contribution < 1.29 is 10.2 Å². The highest BCUT2D eigenvalue weighted by molar-refractivity contribution is 5.87. The number of nitrogens with one attached hydrogen (secondary N) is 1. The predicted octanol–water partition coefficient (Wildman–Crippen LogP) is 4.04. The second-order valence-electron chi connectivity index (χ2n) is 7.70. The molecule has 5 heteroatoms. The van der Waals surface area contributed by atoms with Gasteiger partial charge < -0.3 is 10.3 Å². The van der Waals surface area contributed by atoms with E-state index in [0.717, 1.165) is 43.0 Å². The monoisotopic (exact) mass is 364 g/mol. The normalized spacial score (nSPS) is 17.6. The quantitative estimate of drug-likeness (QED) is 0.512. The molecule has 140 valence electrons. The molecule has 3 N–H and O–H groups in total. The fourth-order valence-corrected chi connectivity index (χ4v) is 4.32. The first-order valence-corrected chi connectivity index (χ1v) is 9.79. The topological polar surface area (TPSA) is 75.5 Å². The van der Waals surface area contributed by atoms with E-state index in [4.69, 9.17) is 0 Å². The number of benzene rings is 2. The Bertz CT molecular complexity index is 949. The number of fused-ring (bicyclic) bond motifs is 3. The van der Waals surface area contributed by atoms with Crippen molar-refractivity contribution in [2.45, 2.75) is 51.1 Å². The molecule has 3 aromatic rings. The van der Waals surface area contributed by atoms with Crippen LogP contribution < -0.4 is 5.32 Å². The third-order valence-corrected chi connectivity index (χ3v) is 5.74. The van der Waals surface area contributed by atoms with E-state index in [0.29, 0.717) is 12.1 Å². The van der Waals surface area contributed by atoms with Crippen molar-refractivity contribution in [1.82, 2.24) is 4.98 Å². The van der Waals surface area contributed by atoms with Crippen LogP contribution in [0.15, 0.2) is 48.5 Å². The summed E-state index contributed by atoms with van der Waals surface area (Å²) in [5, 5.41) is 14.6. The lowest BCUT2D eigenvalue weighted by Gasteiger charge is -2.24. The first-order chi connectivity index (χ1) is 13.1. The number of hydrogen-bond donors (Lipinski definition) is 2. The number of hydrogen-bond acceptors (Lipinski definition) is 2. The summed E-state index contributed by atoms with van der Waals surface area (Å²) in [5.41, 5.74) is 5.12. The Kier molecular flexibility index (Phi) is 4.94. The molecule has 1 heterocycles. The van der Waals surface area contributed by atoms with Gasteiger partial charge in [0.2, 0.25) is 0 Å².